The maximum atomic E-state index is 12.3. The minimum atomic E-state index is -0.704. The van der Waals surface area contributed by atoms with Gasteiger partial charge >= 0.3 is 5.97 Å². The number of ether oxygens (including phenoxy) is 1. The van der Waals surface area contributed by atoms with E-state index in [1.54, 1.807) is 29.6 Å². The number of carbonyl (C=O) groups excluding carboxylic acids is 3. The number of fused-ring (bicyclic) bond motifs is 1. The standard InChI is InChI=1S/C20H14N4O6S2/c25-17(8-30-19(27)12-4-5-16-14(7-12)21-18(26)10-31-16)23-20-22-15(9-32-20)11-2-1-3-13(6-11)24(28)29/h1-7,9H,8,10H2,(H,21,26)(H,22,23,25). The zero-order valence-electron chi connectivity index (χ0n) is 16.2. The molecule has 1 aromatic heterocycles. The molecule has 0 radical (unpaired) electrons. The number of thioether (sulfide) groups is 1. The Morgan fingerprint density at radius 2 is 2.09 bits per heavy atom. The molecule has 0 unspecified atom stereocenters. The predicted octanol–water partition coefficient (Wildman–Crippen LogP) is 3.56. The second-order valence-corrected chi connectivity index (χ2v) is 8.39. The van der Waals surface area contributed by atoms with Gasteiger partial charge in [-0.15, -0.1) is 23.1 Å². The van der Waals surface area contributed by atoms with Crippen molar-refractivity contribution < 1.29 is 24.0 Å². The molecule has 0 saturated heterocycles. The summed E-state index contributed by atoms with van der Waals surface area (Å²) in [7, 11) is 0. The first-order valence-corrected chi connectivity index (χ1v) is 11.0. The maximum Gasteiger partial charge on any atom is 0.338 e. The molecule has 0 aliphatic carbocycles. The Labute approximate surface area is 189 Å². The molecule has 2 heterocycles. The lowest BCUT2D eigenvalue weighted by Gasteiger charge is -2.16. The van der Waals surface area contributed by atoms with Crippen molar-refractivity contribution in [1.82, 2.24) is 4.98 Å². The van der Waals surface area contributed by atoms with Gasteiger partial charge in [0.1, 0.15) is 0 Å². The van der Waals surface area contributed by atoms with Gasteiger partial charge in [0.25, 0.3) is 11.6 Å². The summed E-state index contributed by atoms with van der Waals surface area (Å²) in [4.78, 5) is 51.4. The van der Waals surface area contributed by atoms with E-state index in [1.807, 2.05) is 0 Å². The Hall–Kier alpha value is -3.77. The summed E-state index contributed by atoms with van der Waals surface area (Å²) in [5.74, 6) is -1.12. The van der Waals surface area contributed by atoms with E-state index < -0.39 is 23.4 Å². The molecule has 2 aromatic carbocycles. The Kier molecular flexibility index (Phi) is 6.14. The molecular weight excluding hydrogens is 456 g/mol. The summed E-state index contributed by atoms with van der Waals surface area (Å²) in [6.07, 6.45) is 0. The number of esters is 1. The number of nitrogens with zero attached hydrogens (tertiary/aromatic N) is 2. The van der Waals surface area contributed by atoms with Crippen LogP contribution in [0.5, 0.6) is 0 Å². The van der Waals surface area contributed by atoms with Gasteiger partial charge in [0.15, 0.2) is 11.7 Å². The van der Waals surface area contributed by atoms with E-state index in [1.165, 1.54) is 30.0 Å². The lowest BCUT2D eigenvalue weighted by atomic mass is 10.1. The Morgan fingerprint density at radius 1 is 1.25 bits per heavy atom. The van der Waals surface area contributed by atoms with Gasteiger partial charge in [-0.25, -0.2) is 9.78 Å². The monoisotopic (exact) mass is 470 g/mol. The van der Waals surface area contributed by atoms with Crippen LogP contribution in [-0.2, 0) is 14.3 Å². The zero-order chi connectivity index (χ0) is 22.7. The highest BCUT2D eigenvalue weighted by molar-refractivity contribution is 8.00. The summed E-state index contributed by atoms with van der Waals surface area (Å²) < 4.78 is 5.04. The van der Waals surface area contributed by atoms with Gasteiger partial charge in [-0.2, -0.15) is 0 Å². The van der Waals surface area contributed by atoms with Crippen molar-refractivity contribution in [3.05, 3.63) is 63.5 Å². The lowest BCUT2D eigenvalue weighted by molar-refractivity contribution is -0.384. The molecule has 4 rings (SSSR count). The SMILES string of the molecule is O=C(COC(=O)c1ccc2c(c1)NC(=O)CS2)Nc1nc(-c2cccc([N+](=O)[O-])c2)cs1. The summed E-state index contributed by atoms with van der Waals surface area (Å²) in [6.45, 7) is -0.525. The highest BCUT2D eigenvalue weighted by atomic mass is 32.2. The minimum Gasteiger partial charge on any atom is -0.452 e. The van der Waals surface area contributed by atoms with Gasteiger partial charge in [-0.3, -0.25) is 25.0 Å². The van der Waals surface area contributed by atoms with Crippen molar-refractivity contribution >= 4 is 57.4 Å². The number of hydrogen-bond acceptors (Lipinski definition) is 9. The summed E-state index contributed by atoms with van der Waals surface area (Å²) in [5.41, 5.74) is 1.69. The molecule has 0 atom stereocenters. The number of aromatic nitrogens is 1. The second-order valence-electron chi connectivity index (χ2n) is 6.52. The van der Waals surface area contributed by atoms with E-state index >= 15 is 0 Å². The molecule has 1 aliphatic heterocycles. The van der Waals surface area contributed by atoms with Crippen LogP contribution in [0.4, 0.5) is 16.5 Å². The predicted molar refractivity (Wildman–Crippen MR) is 119 cm³/mol. The van der Waals surface area contributed by atoms with Crippen molar-refractivity contribution in [2.45, 2.75) is 4.90 Å². The van der Waals surface area contributed by atoms with Crippen LogP contribution in [0.1, 0.15) is 10.4 Å². The number of nitro groups is 1. The Bertz CT molecular complexity index is 1240. The van der Waals surface area contributed by atoms with Crippen molar-refractivity contribution in [2.24, 2.45) is 0 Å². The third-order valence-electron chi connectivity index (χ3n) is 4.29. The number of nitrogens with one attached hydrogen (secondary N) is 2. The number of benzene rings is 2. The molecule has 2 N–H and O–H groups in total. The van der Waals surface area contributed by atoms with Crippen LogP contribution in [-0.4, -0.2) is 40.1 Å². The summed E-state index contributed by atoms with van der Waals surface area (Å²) in [6, 6.07) is 10.8. The van der Waals surface area contributed by atoms with Crippen molar-refractivity contribution in [3.63, 3.8) is 0 Å². The average Bonchev–Trinajstić information content (AvgIpc) is 3.25. The highest BCUT2D eigenvalue weighted by Crippen LogP contribution is 2.32. The number of rotatable bonds is 6. The van der Waals surface area contributed by atoms with Crippen LogP contribution in [0, 0.1) is 10.1 Å². The smallest absolute Gasteiger partial charge is 0.338 e. The molecule has 1 aliphatic rings. The molecule has 0 spiro atoms. The first-order valence-electron chi connectivity index (χ1n) is 9.13. The average molecular weight is 470 g/mol. The zero-order valence-corrected chi connectivity index (χ0v) is 17.8. The molecule has 0 fully saturated rings. The second kappa shape index (κ2) is 9.16. The number of hydrogen-bond donors (Lipinski definition) is 2. The van der Waals surface area contributed by atoms with Crippen LogP contribution < -0.4 is 10.6 Å². The molecular formula is C20H14N4O6S2. The van der Waals surface area contributed by atoms with Crippen LogP contribution in [0.2, 0.25) is 0 Å². The van der Waals surface area contributed by atoms with Gasteiger partial charge in [0, 0.05) is 28.0 Å². The van der Waals surface area contributed by atoms with E-state index in [-0.39, 0.29) is 22.3 Å². The minimum absolute atomic E-state index is 0.0617. The van der Waals surface area contributed by atoms with Gasteiger partial charge in [-0.05, 0) is 18.2 Å². The number of carbonyl (C=O) groups is 3. The molecule has 10 nitrogen and oxygen atoms in total. The third-order valence-corrected chi connectivity index (χ3v) is 6.12. The fraction of sp³-hybridized carbons (Fsp3) is 0.100. The van der Waals surface area contributed by atoms with Crippen LogP contribution in [0.3, 0.4) is 0 Å². The van der Waals surface area contributed by atoms with Crippen molar-refractivity contribution in [2.75, 3.05) is 23.0 Å². The van der Waals surface area contributed by atoms with Gasteiger partial charge in [0.05, 0.1) is 27.6 Å². The van der Waals surface area contributed by atoms with E-state index in [2.05, 4.69) is 15.6 Å². The van der Waals surface area contributed by atoms with E-state index in [4.69, 9.17) is 4.74 Å². The molecule has 0 saturated carbocycles. The molecule has 12 heteroatoms. The normalized spacial score (nSPS) is 12.4. The van der Waals surface area contributed by atoms with Gasteiger partial charge in [-0.1, -0.05) is 12.1 Å². The lowest BCUT2D eigenvalue weighted by Crippen LogP contribution is -2.21. The van der Waals surface area contributed by atoms with Gasteiger partial charge < -0.3 is 10.1 Å². The number of non-ortho nitro benzene ring substituents is 1. The maximum absolute atomic E-state index is 12.3. The highest BCUT2D eigenvalue weighted by Gasteiger charge is 2.19. The van der Waals surface area contributed by atoms with Crippen LogP contribution in [0.25, 0.3) is 11.3 Å². The Morgan fingerprint density at radius 3 is 2.91 bits per heavy atom. The number of anilines is 2. The summed E-state index contributed by atoms with van der Waals surface area (Å²) in [5, 5.41) is 18.1. The largest absolute Gasteiger partial charge is 0.452 e. The number of thiazole rings is 1. The fourth-order valence-electron chi connectivity index (χ4n) is 2.82. The van der Waals surface area contributed by atoms with E-state index in [9.17, 15) is 24.5 Å². The van der Waals surface area contributed by atoms with E-state index in [0.29, 0.717) is 22.7 Å². The quantitative estimate of drug-likeness (QED) is 0.317. The first kappa shape index (κ1) is 21.5. The van der Waals surface area contributed by atoms with Gasteiger partial charge in [0.2, 0.25) is 5.91 Å². The Balaban J connectivity index is 1.34. The molecule has 32 heavy (non-hydrogen) atoms. The fourth-order valence-corrected chi connectivity index (χ4v) is 4.35. The van der Waals surface area contributed by atoms with Crippen LogP contribution in [0.15, 0.2) is 52.7 Å². The van der Waals surface area contributed by atoms with Crippen LogP contribution >= 0.6 is 23.1 Å². The third kappa shape index (κ3) is 4.92. The topological polar surface area (TPSA) is 141 Å². The van der Waals surface area contributed by atoms with Crippen molar-refractivity contribution in [3.8, 4) is 11.3 Å². The number of nitro benzene ring substituents is 1. The molecule has 0 bridgehead atoms. The molecule has 162 valence electrons. The molecule has 2 amide bonds. The van der Waals surface area contributed by atoms with E-state index in [0.717, 1.165) is 16.2 Å². The molecule has 3 aromatic rings. The first-order chi connectivity index (χ1) is 15.4. The number of amides is 2. The summed E-state index contributed by atoms with van der Waals surface area (Å²) >= 11 is 2.51. The van der Waals surface area contributed by atoms with Crippen molar-refractivity contribution in [1.29, 1.82) is 0 Å².